The minimum atomic E-state index is -0.157. The molecule has 0 radical (unpaired) electrons. The fourth-order valence-corrected chi connectivity index (χ4v) is 4.79. The second kappa shape index (κ2) is 6.27. The molecule has 3 rings (SSSR count). The largest absolute Gasteiger partial charge is 0.349 e. The molecular formula is C13H15N5OS3. The highest BCUT2D eigenvalue weighted by Gasteiger charge is 2.17. The van der Waals surface area contributed by atoms with Gasteiger partial charge < -0.3 is 4.90 Å². The molecule has 0 atom stereocenters. The number of rotatable bonds is 5. The van der Waals surface area contributed by atoms with E-state index in [1.165, 1.54) is 22.7 Å². The summed E-state index contributed by atoms with van der Waals surface area (Å²) in [6, 6.07) is 1.90. The van der Waals surface area contributed by atoms with Gasteiger partial charge in [0.1, 0.15) is 9.84 Å². The van der Waals surface area contributed by atoms with Crippen molar-refractivity contribution in [1.29, 1.82) is 0 Å². The molecule has 0 fully saturated rings. The number of aryl methyl sites for hydroxylation is 1. The van der Waals surface area contributed by atoms with Crippen molar-refractivity contribution in [3.8, 4) is 0 Å². The van der Waals surface area contributed by atoms with Crippen LogP contribution in [-0.4, -0.2) is 34.2 Å². The Balaban J connectivity index is 1.80. The van der Waals surface area contributed by atoms with Gasteiger partial charge in [-0.25, -0.2) is 4.98 Å². The Morgan fingerprint density at radius 3 is 2.59 bits per heavy atom. The molecule has 116 valence electrons. The number of nitrogens with zero attached hydrogens (tertiary/aromatic N) is 4. The third kappa shape index (κ3) is 2.96. The zero-order valence-corrected chi connectivity index (χ0v) is 14.9. The average molecular weight is 353 g/mol. The van der Waals surface area contributed by atoms with E-state index in [0.717, 1.165) is 32.8 Å². The number of fused-ring (bicyclic) bond motifs is 1. The minimum absolute atomic E-state index is 0.157. The van der Waals surface area contributed by atoms with E-state index in [4.69, 9.17) is 0 Å². The number of amides is 1. The summed E-state index contributed by atoms with van der Waals surface area (Å²) in [6.45, 7) is 7.94. The smallest absolute Gasteiger partial charge is 0.267 e. The number of carbonyl (C=O) groups is 1. The quantitative estimate of drug-likeness (QED) is 0.758. The number of carbonyl (C=O) groups excluding carboxylic acids is 1. The van der Waals surface area contributed by atoms with Gasteiger partial charge in [-0.15, -0.1) is 21.5 Å². The summed E-state index contributed by atoms with van der Waals surface area (Å²) in [5.74, 6) is -0.157. The van der Waals surface area contributed by atoms with Crippen molar-refractivity contribution in [3.05, 3.63) is 16.0 Å². The van der Waals surface area contributed by atoms with Crippen LogP contribution in [0.15, 0.2) is 6.07 Å². The molecule has 0 saturated heterocycles. The molecule has 3 aromatic heterocycles. The fraction of sp³-hybridized carbons (Fsp3) is 0.385. The standard InChI is InChI=1S/C13H15N5OS3/c1-4-18(5-2)13-15-11-9(22-13)6-8(21-11)10(19)14-12-17-16-7(3)20-12/h6H,4-5H2,1-3H3,(H,14,17,19). The lowest BCUT2D eigenvalue weighted by Crippen LogP contribution is -2.21. The normalized spacial score (nSPS) is 11.0. The minimum Gasteiger partial charge on any atom is -0.349 e. The summed E-state index contributed by atoms with van der Waals surface area (Å²) in [7, 11) is 0. The zero-order valence-electron chi connectivity index (χ0n) is 12.4. The van der Waals surface area contributed by atoms with Gasteiger partial charge in [0.2, 0.25) is 5.13 Å². The van der Waals surface area contributed by atoms with Crippen molar-refractivity contribution in [1.82, 2.24) is 15.2 Å². The van der Waals surface area contributed by atoms with E-state index >= 15 is 0 Å². The Labute approximate surface area is 139 Å². The molecule has 0 unspecified atom stereocenters. The number of hydrogen-bond acceptors (Lipinski definition) is 8. The molecule has 0 spiro atoms. The molecule has 0 aliphatic carbocycles. The average Bonchev–Trinajstić information content (AvgIpc) is 3.15. The first-order chi connectivity index (χ1) is 10.6. The predicted octanol–water partition coefficient (Wildman–Crippen LogP) is 3.62. The van der Waals surface area contributed by atoms with E-state index in [0.29, 0.717) is 10.0 Å². The molecule has 0 aromatic carbocycles. The number of thiazole rings is 1. The fourth-order valence-electron chi connectivity index (χ4n) is 1.97. The molecular weight excluding hydrogens is 338 g/mol. The number of aromatic nitrogens is 3. The first-order valence-corrected chi connectivity index (χ1v) is 9.32. The van der Waals surface area contributed by atoms with Crippen molar-refractivity contribution in [3.63, 3.8) is 0 Å². The third-order valence-electron chi connectivity index (χ3n) is 3.08. The topological polar surface area (TPSA) is 71.0 Å². The number of anilines is 2. The Morgan fingerprint density at radius 1 is 1.23 bits per heavy atom. The van der Waals surface area contributed by atoms with E-state index in [1.807, 2.05) is 13.0 Å². The third-order valence-corrected chi connectivity index (χ3v) is 6.06. The van der Waals surface area contributed by atoms with Crippen molar-refractivity contribution in [2.45, 2.75) is 20.8 Å². The lowest BCUT2D eigenvalue weighted by Gasteiger charge is -2.16. The van der Waals surface area contributed by atoms with E-state index in [1.54, 1.807) is 11.3 Å². The van der Waals surface area contributed by atoms with Crippen LogP contribution in [0.25, 0.3) is 9.53 Å². The van der Waals surface area contributed by atoms with E-state index < -0.39 is 0 Å². The van der Waals surface area contributed by atoms with Crippen molar-refractivity contribution in [2.75, 3.05) is 23.3 Å². The van der Waals surface area contributed by atoms with Crippen molar-refractivity contribution in [2.24, 2.45) is 0 Å². The maximum absolute atomic E-state index is 12.2. The van der Waals surface area contributed by atoms with Gasteiger partial charge in [-0.3, -0.25) is 10.1 Å². The maximum Gasteiger partial charge on any atom is 0.267 e. The second-order valence-corrected chi connectivity index (χ2v) is 7.75. The summed E-state index contributed by atoms with van der Waals surface area (Å²) in [6.07, 6.45) is 0. The molecule has 0 aliphatic rings. The molecule has 3 heterocycles. The van der Waals surface area contributed by atoms with Crippen LogP contribution in [0.2, 0.25) is 0 Å². The zero-order chi connectivity index (χ0) is 15.7. The van der Waals surface area contributed by atoms with Gasteiger partial charge in [-0.1, -0.05) is 22.7 Å². The number of hydrogen-bond donors (Lipinski definition) is 1. The molecule has 1 amide bonds. The summed E-state index contributed by atoms with van der Waals surface area (Å²) in [4.78, 5) is 20.6. The van der Waals surface area contributed by atoms with Gasteiger partial charge in [0.15, 0.2) is 5.13 Å². The number of nitrogens with one attached hydrogen (secondary N) is 1. The second-order valence-electron chi connectivity index (χ2n) is 4.53. The van der Waals surface area contributed by atoms with E-state index in [-0.39, 0.29) is 5.91 Å². The van der Waals surface area contributed by atoms with E-state index in [2.05, 4.69) is 39.2 Å². The van der Waals surface area contributed by atoms with Gasteiger partial charge in [0.05, 0.1) is 9.58 Å². The number of thiophene rings is 1. The van der Waals surface area contributed by atoms with Crippen LogP contribution in [0.4, 0.5) is 10.3 Å². The maximum atomic E-state index is 12.2. The van der Waals surface area contributed by atoms with Gasteiger partial charge in [-0.2, -0.15) is 0 Å². The first-order valence-electron chi connectivity index (χ1n) is 6.87. The van der Waals surface area contributed by atoms with Crippen molar-refractivity contribution >= 4 is 59.7 Å². The Kier molecular flexibility index (Phi) is 4.37. The first kappa shape index (κ1) is 15.3. The molecule has 0 bridgehead atoms. The van der Waals surface area contributed by atoms with Crippen molar-refractivity contribution < 1.29 is 4.79 Å². The van der Waals surface area contributed by atoms with Gasteiger partial charge >= 0.3 is 0 Å². The van der Waals surface area contributed by atoms with Gasteiger partial charge in [0.25, 0.3) is 5.91 Å². The van der Waals surface area contributed by atoms with Crippen LogP contribution in [0.1, 0.15) is 28.5 Å². The Bertz CT molecular complexity index is 770. The summed E-state index contributed by atoms with van der Waals surface area (Å²) in [5.41, 5.74) is 0. The molecule has 1 N–H and O–H groups in total. The highest BCUT2D eigenvalue weighted by atomic mass is 32.1. The molecule has 0 aliphatic heterocycles. The Morgan fingerprint density at radius 2 is 2.00 bits per heavy atom. The molecule has 0 saturated carbocycles. The van der Waals surface area contributed by atoms with Crippen LogP contribution in [0.3, 0.4) is 0 Å². The van der Waals surface area contributed by atoms with Gasteiger partial charge in [0, 0.05) is 13.1 Å². The molecule has 22 heavy (non-hydrogen) atoms. The molecule has 3 aromatic rings. The SMILES string of the molecule is CCN(CC)c1nc2sc(C(=O)Nc3nnc(C)s3)cc2s1. The van der Waals surface area contributed by atoms with Gasteiger partial charge in [-0.05, 0) is 26.8 Å². The summed E-state index contributed by atoms with van der Waals surface area (Å²) in [5, 5.41) is 12.9. The van der Waals surface area contributed by atoms with Crippen LogP contribution in [0, 0.1) is 6.92 Å². The molecule has 9 heteroatoms. The van der Waals surface area contributed by atoms with Crippen LogP contribution in [0.5, 0.6) is 0 Å². The molecule has 6 nitrogen and oxygen atoms in total. The predicted molar refractivity (Wildman–Crippen MR) is 93.7 cm³/mol. The highest BCUT2D eigenvalue weighted by molar-refractivity contribution is 7.29. The lowest BCUT2D eigenvalue weighted by atomic mass is 10.4. The highest BCUT2D eigenvalue weighted by Crippen LogP contribution is 2.34. The summed E-state index contributed by atoms with van der Waals surface area (Å²) >= 11 is 4.39. The summed E-state index contributed by atoms with van der Waals surface area (Å²) < 4.78 is 1.05. The van der Waals surface area contributed by atoms with Crippen LogP contribution < -0.4 is 10.2 Å². The Hall–Kier alpha value is -1.58. The van der Waals surface area contributed by atoms with Crippen LogP contribution >= 0.6 is 34.0 Å². The van der Waals surface area contributed by atoms with Crippen LogP contribution in [-0.2, 0) is 0 Å². The lowest BCUT2D eigenvalue weighted by molar-refractivity contribution is 0.103. The van der Waals surface area contributed by atoms with E-state index in [9.17, 15) is 4.79 Å². The monoisotopic (exact) mass is 353 g/mol.